The third kappa shape index (κ3) is 1.03. The molecule has 0 amide bonds. The van der Waals surface area contributed by atoms with Gasteiger partial charge in [0.1, 0.15) is 12.2 Å². The van der Waals surface area contributed by atoms with Gasteiger partial charge in [-0.05, 0) is 19.8 Å². The molecule has 1 aliphatic rings. The molecular formula is C7H10ClN3. The summed E-state index contributed by atoms with van der Waals surface area (Å²) < 4.78 is 2.08. The fraction of sp³-hybridized carbons (Fsp3) is 0.714. The van der Waals surface area contributed by atoms with Crippen LogP contribution in [-0.4, -0.2) is 14.8 Å². The fourth-order valence-electron chi connectivity index (χ4n) is 1.22. The summed E-state index contributed by atoms with van der Waals surface area (Å²) in [5.74, 6) is 1.34. The first-order chi connectivity index (χ1) is 5.26. The number of rotatable bonds is 2. The zero-order valence-electron chi connectivity index (χ0n) is 6.42. The molecule has 1 fully saturated rings. The second-order valence-electron chi connectivity index (χ2n) is 3.25. The maximum absolute atomic E-state index is 5.68. The number of alkyl halides is 1. The van der Waals surface area contributed by atoms with Gasteiger partial charge < -0.3 is 4.57 Å². The van der Waals surface area contributed by atoms with E-state index in [1.165, 1.54) is 12.8 Å². The molecule has 1 saturated carbocycles. The average Bonchev–Trinajstić information content (AvgIpc) is 2.61. The van der Waals surface area contributed by atoms with E-state index < -0.39 is 0 Å². The van der Waals surface area contributed by atoms with Gasteiger partial charge in [0.15, 0.2) is 0 Å². The van der Waals surface area contributed by atoms with E-state index in [0.717, 1.165) is 5.82 Å². The molecule has 60 valence electrons. The number of hydrogen-bond donors (Lipinski definition) is 0. The topological polar surface area (TPSA) is 30.7 Å². The summed E-state index contributed by atoms with van der Waals surface area (Å²) in [7, 11) is 0. The van der Waals surface area contributed by atoms with Crippen molar-refractivity contribution in [2.24, 2.45) is 0 Å². The Balaban J connectivity index is 2.36. The third-order valence-electron chi connectivity index (χ3n) is 2.29. The molecule has 0 bridgehead atoms. The first kappa shape index (κ1) is 7.10. The Labute approximate surface area is 70.4 Å². The zero-order valence-corrected chi connectivity index (χ0v) is 7.17. The van der Waals surface area contributed by atoms with Crippen LogP contribution in [-0.2, 0) is 11.4 Å². The van der Waals surface area contributed by atoms with Gasteiger partial charge in [0.2, 0.25) is 0 Å². The minimum atomic E-state index is 0.272. The largest absolute Gasteiger partial charge is 0.311 e. The standard InChI is InChI=1S/C7H10ClN3/c1-7(2-3-7)11-5-9-10-6(11)4-8/h5H,2-4H2,1H3. The van der Waals surface area contributed by atoms with E-state index in [4.69, 9.17) is 11.6 Å². The SMILES string of the molecule is CC1(n2cnnc2CCl)CC1. The van der Waals surface area contributed by atoms with Gasteiger partial charge in [-0.1, -0.05) is 0 Å². The first-order valence-corrected chi connectivity index (χ1v) is 4.25. The number of aromatic nitrogens is 3. The van der Waals surface area contributed by atoms with Crippen molar-refractivity contribution < 1.29 is 0 Å². The molecule has 1 aromatic rings. The highest BCUT2D eigenvalue weighted by Crippen LogP contribution is 2.43. The van der Waals surface area contributed by atoms with E-state index in [-0.39, 0.29) is 5.54 Å². The molecule has 0 N–H and O–H groups in total. The molecule has 4 heteroatoms. The second-order valence-corrected chi connectivity index (χ2v) is 3.52. The lowest BCUT2D eigenvalue weighted by Crippen LogP contribution is -2.13. The number of nitrogens with zero attached hydrogens (tertiary/aromatic N) is 3. The Kier molecular flexibility index (Phi) is 1.42. The molecule has 1 aliphatic carbocycles. The van der Waals surface area contributed by atoms with Crippen molar-refractivity contribution in [3.8, 4) is 0 Å². The van der Waals surface area contributed by atoms with Crippen LogP contribution in [0.5, 0.6) is 0 Å². The van der Waals surface area contributed by atoms with Gasteiger partial charge in [-0.2, -0.15) is 0 Å². The Hall–Kier alpha value is -0.570. The van der Waals surface area contributed by atoms with Crippen LogP contribution in [0.1, 0.15) is 25.6 Å². The van der Waals surface area contributed by atoms with Crippen LogP contribution in [0.15, 0.2) is 6.33 Å². The molecule has 11 heavy (non-hydrogen) atoms. The molecule has 0 radical (unpaired) electrons. The predicted octanol–water partition coefficient (Wildman–Crippen LogP) is 1.53. The molecule has 0 aromatic carbocycles. The van der Waals surface area contributed by atoms with Crippen LogP contribution in [0.4, 0.5) is 0 Å². The summed E-state index contributed by atoms with van der Waals surface area (Å²) in [6.07, 6.45) is 4.20. The molecule has 2 rings (SSSR count). The normalized spacial score (nSPS) is 20.2. The highest BCUT2D eigenvalue weighted by molar-refractivity contribution is 6.16. The Morgan fingerprint density at radius 1 is 1.73 bits per heavy atom. The van der Waals surface area contributed by atoms with Crippen molar-refractivity contribution >= 4 is 11.6 Å². The molecule has 3 nitrogen and oxygen atoms in total. The fourth-order valence-corrected chi connectivity index (χ4v) is 1.41. The molecule has 0 unspecified atom stereocenters. The molecule has 0 aliphatic heterocycles. The Morgan fingerprint density at radius 2 is 2.45 bits per heavy atom. The van der Waals surface area contributed by atoms with Crippen LogP contribution in [0, 0.1) is 0 Å². The van der Waals surface area contributed by atoms with Crippen molar-refractivity contribution in [3.05, 3.63) is 12.2 Å². The summed E-state index contributed by atoms with van der Waals surface area (Å²) >= 11 is 5.68. The Bertz CT molecular complexity index is 264. The smallest absolute Gasteiger partial charge is 0.148 e. The zero-order chi connectivity index (χ0) is 7.90. The number of hydrogen-bond acceptors (Lipinski definition) is 2. The summed E-state index contributed by atoms with van der Waals surface area (Å²) in [5.41, 5.74) is 0.272. The van der Waals surface area contributed by atoms with Gasteiger partial charge in [-0.15, -0.1) is 21.8 Å². The monoisotopic (exact) mass is 171 g/mol. The van der Waals surface area contributed by atoms with E-state index in [1.54, 1.807) is 6.33 Å². The van der Waals surface area contributed by atoms with Crippen LogP contribution >= 0.6 is 11.6 Å². The van der Waals surface area contributed by atoms with Gasteiger partial charge in [0.25, 0.3) is 0 Å². The van der Waals surface area contributed by atoms with Crippen LogP contribution in [0.3, 0.4) is 0 Å². The molecule has 0 atom stereocenters. The average molecular weight is 172 g/mol. The first-order valence-electron chi connectivity index (χ1n) is 3.72. The summed E-state index contributed by atoms with van der Waals surface area (Å²) in [6.45, 7) is 2.20. The van der Waals surface area contributed by atoms with Gasteiger partial charge in [-0.25, -0.2) is 0 Å². The molecular weight excluding hydrogens is 162 g/mol. The van der Waals surface area contributed by atoms with Crippen molar-refractivity contribution in [3.63, 3.8) is 0 Å². The lowest BCUT2D eigenvalue weighted by Gasteiger charge is -2.10. The van der Waals surface area contributed by atoms with E-state index in [0.29, 0.717) is 5.88 Å². The summed E-state index contributed by atoms with van der Waals surface area (Å²) in [5, 5.41) is 7.75. The summed E-state index contributed by atoms with van der Waals surface area (Å²) in [6, 6.07) is 0. The van der Waals surface area contributed by atoms with E-state index in [9.17, 15) is 0 Å². The quantitative estimate of drug-likeness (QED) is 0.632. The van der Waals surface area contributed by atoms with Gasteiger partial charge in [-0.3, -0.25) is 0 Å². The van der Waals surface area contributed by atoms with Crippen molar-refractivity contribution in [2.75, 3.05) is 0 Å². The van der Waals surface area contributed by atoms with Crippen LogP contribution in [0.25, 0.3) is 0 Å². The predicted molar refractivity (Wildman–Crippen MR) is 42.5 cm³/mol. The van der Waals surface area contributed by atoms with E-state index in [1.807, 2.05) is 0 Å². The molecule has 1 heterocycles. The van der Waals surface area contributed by atoms with Crippen LogP contribution in [0.2, 0.25) is 0 Å². The van der Waals surface area contributed by atoms with Crippen molar-refractivity contribution in [2.45, 2.75) is 31.2 Å². The molecule has 0 spiro atoms. The van der Waals surface area contributed by atoms with Crippen molar-refractivity contribution in [1.29, 1.82) is 0 Å². The molecule has 0 saturated heterocycles. The Morgan fingerprint density at radius 3 is 3.00 bits per heavy atom. The minimum absolute atomic E-state index is 0.272. The van der Waals surface area contributed by atoms with Crippen molar-refractivity contribution in [1.82, 2.24) is 14.8 Å². The highest BCUT2D eigenvalue weighted by Gasteiger charge is 2.40. The lowest BCUT2D eigenvalue weighted by atomic mass is 10.3. The number of halogens is 1. The third-order valence-corrected chi connectivity index (χ3v) is 2.53. The summed E-state index contributed by atoms with van der Waals surface area (Å²) in [4.78, 5) is 0. The molecule has 1 aromatic heterocycles. The van der Waals surface area contributed by atoms with Crippen LogP contribution < -0.4 is 0 Å². The maximum atomic E-state index is 5.68. The second kappa shape index (κ2) is 2.21. The van der Waals surface area contributed by atoms with Gasteiger partial charge in [0.05, 0.1) is 5.88 Å². The van der Waals surface area contributed by atoms with E-state index in [2.05, 4.69) is 21.7 Å². The van der Waals surface area contributed by atoms with Gasteiger partial charge >= 0.3 is 0 Å². The highest BCUT2D eigenvalue weighted by atomic mass is 35.5. The van der Waals surface area contributed by atoms with Gasteiger partial charge in [0, 0.05) is 5.54 Å². The minimum Gasteiger partial charge on any atom is -0.311 e. The van der Waals surface area contributed by atoms with E-state index >= 15 is 0 Å². The lowest BCUT2D eigenvalue weighted by molar-refractivity contribution is 0.514. The maximum Gasteiger partial charge on any atom is 0.148 e.